The summed E-state index contributed by atoms with van der Waals surface area (Å²) in [5, 5.41) is 20.0. The van der Waals surface area contributed by atoms with Crippen molar-refractivity contribution in [3.8, 4) is 0 Å². The first-order valence-electron chi connectivity index (χ1n) is 27.3. The standard InChI is InChI=1S/C57H73NO13S/c1-29(2)55-48(70-55)49-57(71-49)54(6)21-19-36-37(27-66-51(36)65)40(54)25-44-56(57,69-44)52(55)68-46(62)10-8-22-58-45(61)26-43(50(58)64)72-28-47(63)67-42(33-13-14-33)18-11-30(3)38-16-17-39-32(9-7-20-53(38,39)5)12-15-34-23-35(59)24-41(60)31(34)4/h11-12,15,18,29-30,33,35,38-44,48-49,52,59-60H,4,7-10,13-14,16-17,19-28H2,1-3,5-6H3/b18-11+,32-12+,34-15-/t30-,35+,38?,39?,40-,41-,42?,43?,44-,48-,49-,52+,53+,54-,55-,56+,57+/m0/s1. The Morgan fingerprint density at radius 2 is 1.74 bits per heavy atom. The van der Waals surface area contributed by atoms with Crippen LogP contribution in [0.5, 0.6) is 0 Å². The number of fused-ring (bicyclic) bond motifs is 5. The van der Waals surface area contributed by atoms with E-state index in [1.54, 1.807) is 0 Å². The monoisotopic (exact) mass is 1010 g/mol. The van der Waals surface area contributed by atoms with Gasteiger partial charge in [0.1, 0.15) is 36.1 Å². The number of carbonyl (C=O) groups excluding carboxylic acids is 5. The number of epoxide rings is 3. The Morgan fingerprint density at radius 3 is 2.51 bits per heavy atom. The highest BCUT2D eigenvalue weighted by atomic mass is 32.2. The fourth-order valence-corrected chi connectivity index (χ4v) is 17.5. The Hall–Kier alpha value is -3.60. The van der Waals surface area contributed by atoms with Crippen molar-refractivity contribution < 1.29 is 62.6 Å². The van der Waals surface area contributed by atoms with E-state index in [0.29, 0.717) is 49.7 Å². The van der Waals surface area contributed by atoms with Gasteiger partial charge in [-0.1, -0.05) is 65.0 Å². The number of allylic oxidation sites excluding steroid dienone is 4. The SMILES string of the molecule is C=C1/C(=C\C=C2/CCC[C@@]3(C)C2CCC3[C@@H](C)/C=C/C(OC(=O)CSC2CC(=O)N(CCCC(=O)O[C@@H]3[C@@]4(C(C)C)O[C@H]4[C@@H]4O[C@]45[C@]34O[C@H]4C[C@H]3C4=C(CC[C@@]35C)C(=O)OC4)C2=O)C2CC2)C[C@@H](O)C[C@@H]1O. The number of ether oxygens (including phenoxy) is 6. The molecular formula is C57H73NO13S. The summed E-state index contributed by atoms with van der Waals surface area (Å²) in [5.41, 5.74) is 2.42. The first-order valence-corrected chi connectivity index (χ1v) is 28.3. The third-order valence-corrected chi connectivity index (χ3v) is 21.8. The first-order chi connectivity index (χ1) is 34.4. The molecule has 0 bridgehead atoms. The van der Waals surface area contributed by atoms with Gasteiger partial charge in [-0.25, -0.2) is 4.79 Å². The zero-order chi connectivity index (χ0) is 50.4. The van der Waals surface area contributed by atoms with Crippen molar-refractivity contribution in [2.24, 2.45) is 46.3 Å². The highest BCUT2D eigenvalue weighted by Crippen LogP contribution is 2.83. The first kappa shape index (κ1) is 49.3. The lowest BCUT2D eigenvalue weighted by Crippen LogP contribution is -2.70. The minimum absolute atomic E-state index is 0.00839. The highest BCUT2D eigenvalue weighted by Gasteiger charge is 3.01. The molecule has 12 rings (SSSR count). The summed E-state index contributed by atoms with van der Waals surface area (Å²) in [6.07, 6.45) is 16.4. The number of rotatable bonds is 15. The van der Waals surface area contributed by atoms with Crippen LogP contribution in [0.4, 0.5) is 0 Å². The Labute approximate surface area is 427 Å². The second-order valence-corrected chi connectivity index (χ2v) is 25.8. The molecule has 0 aromatic rings. The minimum Gasteiger partial charge on any atom is -0.458 e. The number of aliphatic hydroxyl groups is 2. The van der Waals surface area contributed by atoms with Crippen LogP contribution < -0.4 is 0 Å². The second-order valence-electron chi connectivity index (χ2n) is 24.6. The number of esters is 3. The van der Waals surface area contributed by atoms with Crippen LogP contribution in [0.3, 0.4) is 0 Å². The van der Waals surface area contributed by atoms with Gasteiger partial charge in [0, 0.05) is 36.8 Å². The maximum absolute atomic E-state index is 13.9. The predicted octanol–water partition coefficient (Wildman–Crippen LogP) is 6.95. The number of carbonyl (C=O) groups is 5. The van der Waals surface area contributed by atoms with Gasteiger partial charge < -0.3 is 38.6 Å². The lowest BCUT2D eigenvalue weighted by atomic mass is 9.46. The smallest absolute Gasteiger partial charge is 0.334 e. The molecule has 5 aliphatic heterocycles. The van der Waals surface area contributed by atoms with Gasteiger partial charge in [-0.3, -0.25) is 24.1 Å². The molecule has 0 radical (unpaired) electrons. The number of nitrogens with zero attached hydrogens (tertiary/aromatic N) is 1. The Bertz CT molecular complexity index is 2490. The number of hydrogen-bond acceptors (Lipinski definition) is 14. The summed E-state index contributed by atoms with van der Waals surface area (Å²) in [5.74, 6) is -0.190. The lowest BCUT2D eigenvalue weighted by Gasteiger charge is -2.53. The van der Waals surface area contributed by atoms with Crippen molar-refractivity contribution >= 4 is 41.5 Å². The fraction of sp³-hybridized carbons (Fsp3) is 0.737. The van der Waals surface area contributed by atoms with Gasteiger partial charge in [-0.05, 0) is 141 Å². The van der Waals surface area contributed by atoms with E-state index in [9.17, 15) is 34.2 Å². The summed E-state index contributed by atoms with van der Waals surface area (Å²) in [6.45, 7) is 15.6. The number of aliphatic hydroxyl groups excluding tert-OH is 2. The minimum atomic E-state index is -0.863. The van der Waals surface area contributed by atoms with Crippen LogP contribution in [-0.2, 0) is 52.4 Å². The van der Waals surface area contributed by atoms with Crippen molar-refractivity contribution in [1.29, 1.82) is 0 Å². The number of imide groups is 1. The van der Waals surface area contributed by atoms with E-state index in [2.05, 4.69) is 65.5 Å². The zero-order valence-electron chi connectivity index (χ0n) is 42.6. The van der Waals surface area contributed by atoms with Crippen molar-refractivity contribution in [2.75, 3.05) is 18.9 Å². The van der Waals surface area contributed by atoms with Crippen LogP contribution in [0.25, 0.3) is 0 Å². The maximum Gasteiger partial charge on any atom is 0.334 e. The van der Waals surface area contributed by atoms with E-state index in [0.717, 1.165) is 79.8 Å². The average Bonchev–Trinajstić information content (AvgIpc) is 4.20. The number of amides is 2. The van der Waals surface area contributed by atoms with E-state index in [4.69, 9.17) is 28.4 Å². The van der Waals surface area contributed by atoms with E-state index in [1.165, 1.54) is 10.5 Å². The summed E-state index contributed by atoms with van der Waals surface area (Å²) in [7, 11) is 0. The summed E-state index contributed by atoms with van der Waals surface area (Å²) in [6, 6.07) is 0. The van der Waals surface area contributed by atoms with Gasteiger partial charge in [0.2, 0.25) is 11.8 Å². The van der Waals surface area contributed by atoms with Crippen LogP contribution in [0.1, 0.15) is 131 Å². The summed E-state index contributed by atoms with van der Waals surface area (Å²) >= 11 is 1.15. The molecule has 12 aliphatic rings. The second kappa shape index (κ2) is 17.5. The van der Waals surface area contributed by atoms with E-state index >= 15 is 0 Å². The van der Waals surface area contributed by atoms with Gasteiger partial charge in [0.25, 0.3) is 0 Å². The number of hydrogen-bond donors (Lipinski definition) is 2. The molecule has 6 saturated carbocycles. The molecule has 7 aliphatic carbocycles. The summed E-state index contributed by atoms with van der Waals surface area (Å²) < 4.78 is 38.2. The molecular weight excluding hydrogens is 939 g/mol. The molecule has 10 fully saturated rings. The molecule has 17 atom stereocenters. The van der Waals surface area contributed by atoms with Crippen LogP contribution in [0.15, 0.2) is 58.7 Å². The highest BCUT2D eigenvalue weighted by molar-refractivity contribution is 8.01. The number of likely N-dealkylation sites (tertiary alicyclic amines) is 1. The van der Waals surface area contributed by atoms with Gasteiger partial charge in [0.05, 0.1) is 29.3 Å². The van der Waals surface area contributed by atoms with Crippen molar-refractivity contribution in [3.63, 3.8) is 0 Å². The average molecular weight is 1010 g/mol. The fourth-order valence-electron chi connectivity index (χ4n) is 16.5. The van der Waals surface area contributed by atoms with Crippen LogP contribution in [0, 0.1) is 46.3 Å². The van der Waals surface area contributed by atoms with Gasteiger partial charge in [-0.15, -0.1) is 11.8 Å². The van der Waals surface area contributed by atoms with Crippen molar-refractivity contribution in [1.82, 2.24) is 4.90 Å². The maximum atomic E-state index is 13.9. The molecule has 2 amide bonds. The summed E-state index contributed by atoms with van der Waals surface area (Å²) in [4.78, 5) is 67.9. The van der Waals surface area contributed by atoms with E-state index in [-0.39, 0.29) is 108 Å². The quantitative estimate of drug-likeness (QED) is 0.0563. The zero-order valence-corrected chi connectivity index (χ0v) is 43.4. The third-order valence-electron chi connectivity index (χ3n) is 20.6. The van der Waals surface area contributed by atoms with Crippen LogP contribution >= 0.6 is 11.8 Å². The Morgan fingerprint density at radius 1 is 0.931 bits per heavy atom. The molecule has 72 heavy (non-hydrogen) atoms. The van der Waals surface area contributed by atoms with E-state index in [1.807, 2.05) is 0 Å². The number of thioether (sulfide) groups is 1. The van der Waals surface area contributed by atoms with E-state index < -0.39 is 52.3 Å². The van der Waals surface area contributed by atoms with Gasteiger partial charge in [0.15, 0.2) is 11.7 Å². The molecule has 0 aromatic heterocycles. The molecule has 2 N–H and O–H groups in total. The van der Waals surface area contributed by atoms with Crippen LogP contribution in [0.2, 0.25) is 0 Å². The van der Waals surface area contributed by atoms with Crippen molar-refractivity contribution in [2.45, 2.75) is 196 Å². The molecule has 4 unspecified atom stereocenters. The Balaban J connectivity index is 0.627. The molecule has 14 nitrogen and oxygen atoms in total. The molecule has 15 heteroatoms. The number of cyclic esters (lactones) is 1. The molecule has 4 saturated heterocycles. The largest absolute Gasteiger partial charge is 0.458 e. The normalized spacial score (nSPS) is 45.2. The predicted molar refractivity (Wildman–Crippen MR) is 263 cm³/mol. The topological polar surface area (TPSA) is 194 Å². The van der Waals surface area contributed by atoms with Crippen LogP contribution in [-0.4, -0.2) is 129 Å². The lowest BCUT2D eigenvalue weighted by molar-refractivity contribution is -0.169. The third kappa shape index (κ3) is 7.36. The molecule has 0 aromatic carbocycles. The molecule has 5 heterocycles. The Kier molecular flexibility index (Phi) is 12.0. The van der Waals surface area contributed by atoms with Gasteiger partial charge >= 0.3 is 17.9 Å². The molecule has 390 valence electrons. The van der Waals surface area contributed by atoms with Crippen molar-refractivity contribution in [3.05, 3.63) is 58.7 Å². The molecule has 2 spiro atoms. The van der Waals surface area contributed by atoms with Gasteiger partial charge in [-0.2, -0.15) is 0 Å².